The van der Waals surface area contributed by atoms with E-state index in [1.54, 1.807) is 0 Å². The first-order valence-corrected chi connectivity index (χ1v) is 12.4. The Morgan fingerprint density at radius 1 is 0.742 bits per heavy atom. The number of rotatable bonds is 6. The van der Waals surface area contributed by atoms with Crippen LogP contribution in [0.5, 0.6) is 0 Å². The van der Waals surface area contributed by atoms with Crippen LogP contribution in [-0.4, -0.2) is 58.7 Å². The van der Waals surface area contributed by atoms with Gasteiger partial charge in [-0.25, -0.2) is 0 Å². The summed E-state index contributed by atoms with van der Waals surface area (Å²) in [5, 5.41) is 0. The van der Waals surface area contributed by atoms with Crippen LogP contribution in [0.2, 0.25) is 0 Å². The Balaban J connectivity index is 1.33. The lowest BCUT2D eigenvalue weighted by Crippen LogP contribution is -2.50. The summed E-state index contributed by atoms with van der Waals surface area (Å²) in [4.78, 5) is 53.8. The molecule has 1 heterocycles. The number of carbonyl (C=O) groups excluding carboxylic acids is 4. The van der Waals surface area contributed by atoms with Gasteiger partial charge in [0.2, 0.25) is 11.8 Å². The van der Waals surface area contributed by atoms with Gasteiger partial charge in [0.15, 0.2) is 6.61 Å². The van der Waals surface area contributed by atoms with E-state index in [2.05, 4.69) is 0 Å². The van der Waals surface area contributed by atoms with Gasteiger partial charge in [-0.2, -0.15) is 0 Å². The predicted molar refractivity (Wildman–Crippen MR) is 114 cm³/mol. The zero-order valence-electron chi connectivity index (χ0n) is 18.6. The molecule has 0 aromatic heterocycles. The maximum absolute atomic E-state index is 13.1. The standard InChI is InChI=1S/C24H36N2O5/c27-21(26(17-9-3-1-4-10-17)18-11-5-2-6-12-18)16-31-22(28)15-25-23(29)19-13-7-8-14-20(19)24(25)30/h17-20H,1-16H2. The first-order valence-electron chi connectivity index (χ1n) is 12.4. The van der Waals surface area contributed by atoms with Crippen LogP contribution in [0.4, 0.5) is 0 Å². The minimum absolute atomic E-state index is 0.125. The van der Waals surface area contributed by atoms with E-state index in [9.17, 15) is 19.2 Å². The molecule has 0 N–H and O–H groups in total. The van der Waals surface area contributed by atoms with Crippen molar-refractivity contribution in [2.75, 3.05) is 13.2 Å². The third kappa shape index (κ3) is 4.96. The molecule has 3 amide bonds. The Bertz CT molecular complexity index is 654. The number of ether oxygens (including phenoxy) is 1. The van der Waals surface area contributed by atoms with Gasteiger partial charge < -0.3 is 9.64 Å². The Labute approximate surface area is 184 Å². The van der Waals surface area contributed by atoms with Crippen LogP contribution < -0.4 is 0 Å². The third-order valence-corrected chi connectivity index (χ3v) is 7.80. The number of fused-ring (bicyclic) bond motifs is 1. The number of nitrogens with zero attached hydrogens (tertiary/aromatic N) is 2. The van der Waals surface area contributed by atoms with Gasteiger partial charge in [0.1, 0.15) is 6.54 Å². The topological polar surface area (TPSA) is 84.0 Å². The van der Waals surface area contributed by atoms with Crippen molar-refractivity contribution in [1.82, 2.24) is 9.80 Å². The summed E-state index contributed by atoms with van der Waals surface area (Å²) in [6.45, 7) is -0.667. The number of imide groups is 1. The normalized spacial score (nSPS) is 27.8. The van der Waals surface area contributed by atoms with Crippen molar-refractivity contribution in [3.63, 3.8) is 0 Å². The molecule has 0 spiro atoms. The lowest BCUT2D eigenvalue weighted by Gasteiger charge is -2.41. The lowest BCUT2D eigenvalue weighted by atomic mass is 9.81. The largest absolute Gasteiger partial charge is 0.454 e. The summed E-state index contributed by atoms with van der Waals surface area (Å²) in [6.07, 6.45) is 14.4. The molecule has 7 nitrogen and oxygen atoms in total. The second-order valence-electron chi connectivity index (χ2n) is 9.81. The highest BCUT2D eigenvalue weighted by Gasteiger charge is 2.48. The van der Waals surface area contributed by atoms with E-state index in [0.29, 0.717) is 0 Å². The van der Waals surface area contributed by atoms with Crippen molar-refractivity contribution < 1.29 is 23.9 Å². The molecular formula is C24H36N2O5. The smallest absolute Gasteiger partial charge is 0.326 e. The monoisotopic (exact) mass is 432 g/mol. The summed E-state index contributed by atoms with van der Waals surface area (Å²) in [5.74, 6) is -1.83. The summed E-state index contributed by atoms with van der Waals surface area (Å²) in [5.41, 5.74) is 0. The third-order valence-electron chi connectivity index (χ3n) is 7.80. The molecule has 0 radical (unpaired) electrons. The molecule has 0 bridgehead atoms. The van der Waals surface area contributed by atoms with Crippen LogP contribution in [0.25, 0.3) is 0 Å². The fraction of sp³-hybridized carbons (Fsp3) is 0.833. The first kappa shape index (κ1) is 22.3. The molecule has 3 aliphatic carbocycles. The van der Waals surface area contributed by atoms with Crippen molar-refractivity contribution in [2.45, 2.75) is 102 Å². The molecule has 172 valence electrons. The quantitative estimate of drug-likeness (QED) is 0.475. The minimum atomic E-state index is -0.666. The number of esters is 1. The number of carbonyl (C=O) groups is 4. The Kier molecular flexibility index (Phi) is 7.28. The molecular weight excluding hydrogens is 396 g/mol. The molecule has 0 aromatic carbocycles. The molecule has 4 aliphatic rings. The maximum Gasteiger partial charge on any atom is 0.326 e. The molecule has 0 aromatic rings. The SMILES string of the molecule is O=C(CN1C(=O)C2CCCCC2C1=O)OCC(=O)N(C1CCCCC1)C1CCCCC1. The highest BCUT2D eigenvalue weighted by molar-refractivity contribution is 6.07. The number of hydrogen-bond donors (Lipinski definition) is 0. The Morgan fingerprint density at radius 2 is 1.19 bits per heavy atom. The van der Waals surface area contributed by atoms with Crippen molar-refractivity contribution in [3.05, 3.63) is 0 Å². The van der Waals surface area contributed by atoms with Gasteiger partial charge in [-0.15, -0.1) is 0 Å². The van der Waals surface area contributed by atoms with E-state index < -0.39 is 5.97 Å². The molecule has 1 saturated heterocycles. The highest BCUT2D eigenvalue weighted by Crippen LogP contribution is 2.38. The van der Waals surface area contributed by atoms with Crippen molar-refractivity contribution in [2.24, 2.45) is 11.8 Å². The zero-order chi connectivity index (χ0) is 21.8. The second-order valence-corrected chi connectivity index (χ2v) is 9.81. The van der Waals surface area contributed by atoms with Gasteiger partial charge in [0, 0.05) is 12.1 Å². The van der Waals surface area contributed by atoms with E-state index in [0.717, 1.165) is 81.9 Å². The Morgan fingerprint density at radius 3 is 1.68 bits per heavy atom. The molecule has 7 heteroatoms. The van der Waals surface area contributed by atoms with Crippen molar-refractivity contribution >= 4 is 23.7 Å². The van der Waals surface area contributed by atoms with E-state index in [-0.39, 0.29) is 54.8 Å². The zero-order valence-corrected chi connectivity index (χ0v) is 18.6. The van der Waals surface area contributed by atoms with Gasteiger partial charge in [-0.1, -0.05) is 51.4 Å². The van der Waals surface area contributed by atoms with Crippen LogP contribution in [0.3, 0.4) is 0 Å². The van der Waals surface area contributed by atoms with Gasteiger partial charge in [0.05, 0.1) is 11.8 Å². The highest BCUT2D eigenvalue weighted by atomic mass is 16.5. The second kappa shape index (κ2) is 10.1. The van der Waals surface area contributed by atoms with Gasteiger partial charge in [-0.3, -0.25) is 24.1 Å². The molecule has 31 heavy (non-hydrogen) atoms. The van der Waals surface area contributed by atoms with Gasteiger partial charge in [-0.05, 0) is 38.5 Å². The molecule has 4 fully saturated rings. The first-order chi connectivity index (χ1) is 15.1. The van der Waals surface area contributed by atoms with Gasteiger partial charge in [0.25, 0.3) is 5.91 Å². The fourth-order valence-electron chi connectivity index (χ4n) is 6.20. The van der Waals surface area contributed by atoms with Crippen LogP contribution in [0.15, 0.2) is 0 Å². The van der Waals surface area contributed by atoms with E-state index >= 15 is 0 Å². The number of hydrogen-bond acceptors (Lipinski definition) is 5. The summed E-state index contributed by atoms with van der Waals surface area (Å²) < 4.78 is 5.30. The van der Waals surface area contributed by atoms with E-state index in [4.69, 9.17) is 4.74 Å². The molecule has 2 unspecified atom stereocenters. The molecule has 3 saturated carbocycles. The Hall–Kier alpha value is -1.92. The van der Waals surface area contributed by atoms with Crippen LogP contribution in [0, 0.1) is 11.8 Å². The predicted octanol–water partition coefficient (Wildman–Crippen LogP) is 3.20. The van der Waals surface area contributed by atoms with E-state index in [1.807, 2.05) is 4.90 Å². The van der Waals surface area contributed by atoms with E-state index in [1.165, 1.54) is 12.8 Å². The van der Waals surface area contributed by atoms with Gasteiger partial charge >= 0.3 is 5.97 Å². The number of likely N-dealkylation sites (tertiary alicyclic amines) is 1. The average molecular weight is 433 g/mol. The fourth-order valence-corrected chi connectivity index (χ4v) is 6.20. The van der Waals surface area contributed by atoms with Crippen LogP contribution >= 0.6 is 0 Å². The minimum Gasteiger partial charge on any atom is -0.454 e. The molecule has 2 atom stereocenters. The average Bonchev–Trinajstić information content (AvgIpc) is 3.04. The summed E-state index contributed by atoms with van der Waals surface area (Å²) in [6, 6.07) is 0.487. The summed E-state index contributed by atoms with van der Waals surface area (Å²) >= 11 is 0. The number of amides is 3. The lowest BCUT2D eigenvalue weighted by molar-refractivity contribution is -0.158. The summed E-state index contributed by atoms with van der Waals surface area (Å²) in [7, 11) is 0. The molecule has 4 rings (SSSR count). The van der Waals surface area contributed by atoms with Crippen molar-refractivity contribution in [3.8, 4) is 0 Å². The van der Waals surface area contributed by atoms with Crippen LogP contribution in [-0.2, 0) is 23.9 Å². The maximum atomic E-state index is 13.1. The van der Waals surface area contributed by atoms with Crippen LogP contribution in [0.1, 0.15) is 89.9 Å². The van der Waals surface area contributed by atoms with Crippen molar-refractivity contribution in [1.29, 1.82) is 0 Å². The molecule has 1 aliphatic heterocycles.